The van der Waals surface area contributed by atoms with Crippen LogP contribution in [0.5, 0.6) is 0 Å². The van der Waals surface area contributed by atoms with Gasteiger partial charge < -0.3 is 14.6 Å². The Bertz CT molecular complexity index is 367. The molecule has 1 amide bonds. The predicted molar refractivity (Wildman–Crippen MR) is 56.9 cm³/mol. The van der Waals surface area contributed by atoms with Gasteiger partial charge in [0, 0.05) is 26.2 Å². The maximum absolute atomic E-state index is 11.7. The Hall–Kier alpha value is -1.62. The molecule has 0 spiro atoms. The van der Waals surface area contributed by atoms with Gasteiger partial charge in [-0.1, -0.05) is 0 Å². The number of piperazine rings is 1. The van der Waals surface area contributed by atoms with Crippen molar-refractivity contribution in [3.05, 3.63) is 24.2 Å². The summed E-state index contributed by atoms with van der Waals surface area (Å²) in [6.45, 7) is 2.70. The number of carbonyl (C=O) groups is 2. The van der Waals surface area contributed by atoms with Gasteiger partial charge in [0.1, 0.15) is 5.76 Å². The number of hydrogen-bond acceptors (Lipinski definition) is 4. The molecule has 1 fully saturated rings. The maximum Gasteiger partial charge on any atom is 0.290 e. The zero-order chi connectivity index (χ0) is 11.4. The SMILES string of the molecule is O=C(Cc1ccco1)C(=O)N1CCNCC1. The summed E-state index contributed by atoms with van der Waals surface area (Å²) >= 11 is 0. The lowest BCUT2D eigenvalue weighted by Crippen LogP contribution is -2.49. The second-order valence-electron chi connectivity index (χ2n) is 3.72. The smallest absolute Gasteiger partial charge is 0.290 e. The molecule has 0 saturated carbocycles. The van der Waals surface area contributed by atoms with Gasteiger partial charge >= 0.3 is 0 Å². The van der Waals surface area contributed by atoms with Crippen LogP contribution in [0.4, 0.5) is 0 Å². The first kappa shape index (κ1) is 10.9. The Labute approximate surface area is 93.4 Å². The van der Waals surface area contributed by atoms with Crippen molar-refractivity contribution in [2.24, 2.45) is 0 Å². The van der Waals surface area contributed by atoms with E-state index >= 15 is 0 Å². The molecule has 0 radical (unpaired) electrons. The monoisotopic (exact) mass is 222 g/mol. The van der Waals surface area contributed by atoms with Crippen molar-refractivity contribution in [1.82, 2.24) is 10.2 Å². The highest BCUT2D eigenvalue weighted by molar-refractivity contribution is 6.36. The average Bonchev–Trinajstić information content (AvgIpc) is 2.82. The van der Waals surface area contributed by atoms with Crippen molar-refractivity contribution in [3.8, 4) is 0 Å². The van der Waals surface area contributed by atoms with Crippen LogP contribution >= 0.6 is 0 Å². The number of Topliss-reactive ketones (excluding diaryl/α,β-unsaturated/α-hetero) is 1. The second-order valence-corrected chi connectivity index (χ2v) is 3.72. The molecule has 1 saturated heterocycles. The normalized spacial score (nSPS) is 16.1. The third-order valence-corrected chi connectivity index (χ3v) is 2.56. The van der Waals surface area contributed by atoms with Crippen LogP contribution in [0, 0.1) is 0 Å². The number of furan rings is 1. The number of nitrogens with one attached hydrogen (secondary N) is 1. The van der Waals surface area contributed by atoms with Crippen LogP contribution in [0.2, 0.25) is 0 Å². The second kappa shape index (κ2) is 4.94. The number of rotatable bonds is 3. The molecule has 5 heteroatoms. The molecule has 0 aliphatic carbocycles. The van der Waals surface area contributed by atoms with Crippen LogP contribution < -0.4 is 5.32 Å². The summed E-state index contributed by atoms with van der Waals surface area (Å²) in [6.07, 6.45) is 1.55. The molecular weight excluding hydrogens is 208 g/mol. The average molecular weight is 222 g/mol. The van der Waals surface area contributed by atoms with Gasteiger partial charge in [-0.15, -0.1) is 0 Å². The Morgan fingerprint density at radius 1 is 1.38 bits per heavy atom. The summed E-state index contributed by atoms with van der Waals surface area (Å²) in [4.78, 5) is 25.0. The topological polar surface area (TPSA) is 62.6 Å². The minimum absolute atomic E-state index is 0.0514. The fraction of sp³-hybridized carbons (Fsp3) is 0.455. The molecule has 0 unspecified atom stereocenters. The van der Waals surface area contributed by atoms with E-state index in [1.54, 1.807) is 17.0 Å². The van der Waals surface area contributed by atoms with Crippen LogP contribution in [0.1, 0.15) is 5.76 Å². The quantitative estimate of drug-likeness (QED) is 0.721. The molecule has 1 aromatic heterocycles. The van der Waals surface area contributed by atoms with Crippen molar-refractivity contribution >= 4 is 11.7 Å². The Balaban J connectivity index is 1.91. The summed E-state index contributed by atoms with van der Waals surface area (Å²) in [7, 11) is 0. The molecule has 0 atom stereocenters. The van der Waals surface area contributed by atoms with Gasteiger partial charge in [-0.05, 0) is 12.1 Å². The van der Waals surface area contributed by atoms with Gasteiger partial charge in [-0.3, -0.25) is 9.59 Å². The van der Waals surface area contributed by atoms with Crippen molar-refractivity contribution < 1.29 is 14.0 Å². The first-order chi connectivity index (χ1) is 7.77. The molecule has 0 aromatic carbocycles. The van der Waals surface area contributed by atoms with Crippen LogP contribution in [0.25, 0.3) is 0 Å². The lowest BCUT2D eigenvalue weighted by molar-refractivity contribution is -0.144. The van der Waals surface area contributed by atoms with Gasteiger partial charge in [0.05, 0.1) is 12.7 Å². The highest BCUT2D eigenvalue weighted by Crippen LogP contribution is 2.03. The molecule has 2 rings (SSSR count). The largest absolute Gasteiger partial charge is 0.469 e. The Morgan fingerprint density at radius 2 is 2.12 bits per heavy atom. The minimum atomic E-state index is -0.406. The van der Waals surface area contributed by atoms with E-state index in [4.69, 9.17) is 4.42 Å². The van der Waals surface area contributed by atoms with Gasteiger partial charge in [0.25, 0.3) is 5.91 Å². The molecule has 1 aliphatic rings. The summed E-state index contributed by atoms with van der Waals surface area (Å²) in [6, 6.07) is 3.40. The predicted octanol–water partition coefficient (Wildman–Crippen LogP) is -0.177. The van der Waals surface area contributed by atoms with Crippen molar-refractivity contribution in [3.63, 3.8) is 0 Å². The number of nitrogens with zero attached hydrogens (tertiary/aromatic N) is 1. The Morgan fingerprint density at radius 3 is 2.75 bits per heavy atom. The highest BCUT2D eigenvalue weighted by atomic mass is 16.3. The van der Waals surface area contributed by atoms with Crippen LogP contribution in [-0.4, -0.2) is 42.8 Å². The summed E-state index contributed by atoms with van der Waals surface area (Å²) in [5.41, 5.74) is 0. The molecule has 2 heterocycles. The highest BCUT2D eigenvalue weighted by Gasteiger charge is 2.23. The minimum Gasteiger partial charge on any atom is -0.469 e. The van der Waals surface area contributed by atoms with E-state index in [0.29, 0.717) is 18.8 Å². The molecular formula is C11H14N2O3. The fourth-order valence-electron chi connectivity index (χ4n) is 1.69. The van der Waals surface area contributed by atoms with Crippen LogP contribution in [0.3, 0.4) is 0 Å². The molecule has 1 aliphatic heterocycles. The summed E-state index contributed by atoms with van der Waals surface area (Å²) in [5, 5.41) is 3.13. The maximum atomic E-state index is 11.7. The molecule has 16 heavy (non-hydrogen) atoms. The molecule has 1 aromatic rings. The zero-order valence-electron chi connectivity index (χ0n) is 8.94. The van der Waals surface area contributed by atoms with E-state index < -0.39 is 11.7 Å². The standard InChI is InChI=1S/C11H14N2O3/c14-10(8-9-2-1-7-16-9)11(15)13-5-3-12-4-6-13/h1-2,7,12H,3-6,8H2. The van der Waals surface area contributed by atoms with E-state index in [9.17, 15) is 9.59 Å². The molecule has 5 nitrogen and oxygen atoms in total. The number of amides is 1. The molecule has 86 valence electrons. The van der Waals surface area contributed by atoms with E-state index in [-0.39, 0.29) is 6.42 Å². The van der Waals surface area contributed by atoms with Gasteiger partial charge in [-0.2, -0.15) is 0 Å². The Kier molecular flexibility index (Phi) is 3.36. The third kappa shape index (κ3) is 2.49. The lowest BCUT2D eigenvalue weighted by Gasteiger charge is -2.26. The molecule has 0 bridgehead atoms. The first-order valence-corrected chi connectivity index (χ1v) is 5.32. The third-order valence-electron chi connectivity index (χ3n) is 2.56. The summed E-state index contributed by atoms with van der Waals surface area (Å²) in [5.74, 6) is -0.275. The van der Waals surface area contributed by atoms with Crippen LogP contribution in [0.15, 0.2) is 22.8 Å². The zero-order valence-corrected chi connectivity index (χ0v) is 8.94. The van der Waals surface area contributed by atoms with Crippen molar-refractivity contribution in [2.45, 2.75) is 6.42 Å². The van der Waals surface area contributed by atoms with E-state index in [1.165, 1.54) is 6.26 Å². The van der Waals surface area contributed by atoms with Gasteiger partial charge in [0.2, 0.25) is 5.78 Å². The first-order valence-electron chi connectivity index (χ1n) is 5.32. The van der Waals surface area contributed by atoms with Crippen LogP contribution in [-0.2, 0) is 16.0 Å². The van der Waals surface area contributed by atoms with E-state index in [1.807, 2.05) is 0 Å². The lowest BCUT2D eigenvalue weighted by atomic mass is 10.2. The van der Waals surface area contributed by atoms with Gasteiger partial charge in [-0.25, -0.2) is 0 Å². The van der Waals surface area contributed by atoms with Gasteiger partial charge in [0.15, 0.2) is 0 Å². The number of ketones is 1. The number of hydrogen-bond donors (Lipinski definition) is 1. The van der Waals surface area contributed by atoms with Crippen molar-refractivity contribution in [1.29, 1.82) is 0 Å². The van der Waals surface area contributed by atoms with Crippen molar-refractivity contribution in [2.75, 3.05) is 26.2 Å². The van der Waals surface area contributed by atoms with E-state index in [0.717, 1.165) is 13.1 Å². The summed E-state index contributed by atoms with van der Waals surface area (Å²) < 4.78 is 5.04. The molecule has 1 N–H and O–H groups in total. The number of carbonyl (C=O) groups excluding carboxylic acids is 2. The fourth-order valence-corrected chi connectivity index (χ4v) is 1.69. The van der Waals surface area contributed by atoms with E-state index in [2.05, 4.69) is 5.32 Å².